The minimum atomic E-state index is -0.380. The van der Waals surface area contributed by atoms with Gasteiger partial charge in [0.1, 0.15) is 10.6 Å². The van der Waals surface area contributed by atoms with Crippen molar-refractivity contribution in [3.05, 3.63) is 69.1 Å². The van der Waals surface area contributed by atoms with E-state index in [1.165, 1.54) is 40.9 Å². The monoisotopic (exact) mass is 460 g/mol. The predicted molar refractivity (Wildman–Crippen MR) is 125 cm³/mol. The summed E-state index contributed by atoms with van der Waals surface area (Å²) in [5, 5.41) is 1.22. The number of aromatic nitrogens is 2. The molecule has 3 heterocycles. The molecule has 0 radical (unpaired) electrons. The molecule has 4 rings (SSSR count). The van der Waals surface area contributed by atoms with Gasteiger partial charge in [0.05, 0.1) is 11.1 Å². The molecule has 156 valence electrons. The van der Waals surface area contributed by atoms with Crippen LogP contribution < -0.4 is 5.56 Å². The molecule has 0 bridgehead atoms. The lowest BCUT2D eigenvalue weighted by Gasteiger charge is -2.28. The Hall–Kier alpha value is -1.90. The number of hydrogen-bond acceptors (Lipinski definition) is 6. The van der Waals surface area contributed by atoms with Crippen molar-refractivity contribution in [1.29, 1.82) is 0 Å². The molecular weight excluding hydrogens is 439 g/mol. The largest absolute Gasteiger partial charge is 0.293 e. The van der Waals surface area contributed by atoms with Crippen molar-refractivity contribution in [1.82, 2.24) is 9.55 Å². The summed E-state index contributed by atoms with van der Waals surface area (Å²) < 4.78 is 14.8. The zero-order valence-electron chi connectivity index (χ0n) is 16.7. The third-order valence-corrected chi connectivity index (χ3v) is 8.61. The SMILES string of the molecule is C=CCn1c(SCC(=O)c2ccc(F)cc2)nc2sc3c(c2c1=O)CC(C)(C)SC3. The third-order valence-electron chi connectivity index (χ3n) is 4.97. The van der Waals surface area contributed by atoms with E-state index in [0.717, 1.165) is 22.6 Å². The van der Waals surface area contributed by atoms with Crippen LogP contribution in [0.25, 0.3) is 10.2 Å². The van der Waals surface area contributed by atoms with Crippen LogP contribution in [-0.2, 0) is 18.7 Å². The number of allylic oxidation sites excluding steroid dienone is 1. The second kappa shape index (κ2) is 8.32. The Balaban J connectivity index is 1.70. The number of benzene rings is 1. The van der Waals surface area contributed by atoms with E-state index in [1.54, 1.807) is 22.0 Å². The fraction of sp³-hybridized carbons (Fsp3) is 0.318. The Bertz CT molecular complexity index is 1200. The number of Topliss-reactive ketones (excluding diaryl/α,β-unsaturated/α-hetero) is 1. The van der Waals surface area contributed by atoms with Gasteiger partial charge in [0.2, 0.25) is 0 Å². The van der Waals surface area contributed by atoms with Crippen molar-refractivity contribution in [2.45, 2.75) is 42.5 Å². The number of thiophene rings is 1. The molecule has 0 amide bonds. The first-order chi connectivity index (χ1) is 14.3. The fourth-order valence-corrected chi connectivity index (χ4v) is 6.74. The number of rotatable bonds is 6. The smallest absolute Gasteiger partial charge is 0.263 e. The number of fused-ring (bicyclic) bond motifs is 3. The zero-order valence-corrected chi connectivity index (χ0v) is 19.2. The second-order valence-electron chi connectivity index (χ2n) is 7.73. The van der Waals surface area contributed by atoms with E-state index in [1.807, 2.05) is 11.8 Å². The molecule has 0 unspecified atom stereocenters. The van der Waals surface area contributed by atoms with Gasteiger partial charge in [-0.25, -0.2) is 9.37 Å². The highest BCUT2D eigenvalue weighted by Crippen LogP contribution is 2.44. The second-order valence-corrected chi connectivity index (χ2v) is 11.4. The minimum Gasteiger partial charge on any atom is -0.293 e. The Morgan fingerprint density at radius 2 is 2.10 bits per heavy atom. The Morgan fingerprint density at radius 3 is 2.80 bits per heavy atom. The number of carbonyl (C=O) groups is 1. The van der Waals surface area contributed by atoms with Crippen molar-refractivity contribution in [3.8, 4) is 0 Å². The summed E-state index contributed by atoms with van der Waals surface area (Å²) in [6, 6.07) is 5.48. The van der Waals surface area contributed by atoms with Gasteiger partial charge in [-0.3, -0.25) is 14.2 Å². The highest BCUT2D eigenvalue weighted by atomic mass is 32.2. The van der Waals surface area contributed by atoms with Crippen molar-refractivity contribution >= 4 is 50.9 Å². The maximum Gasteiger partial charge on any atom is 0.263 e. The van der Waals surface area contributed by atoms with Gasteiger partial charge in [0.25, 0.3) is 5.56 Å². The minimum absolute atomic E-state index is 0.0724. The average Bonchev–Trinajstić information content (AvgIpc) is 3.05. The number of halogens is 1. The topological polar surface area (TPSA) is 52.0 Å². The van der Waals surface area contributed by atoms with Crippen LogP contribution >= 0.6 is 34.9 Å². The first-order valence-electron chi connectivity index (χ1n) is 9.50. The van der Waals surface area contributed by atoms with Crippen molar-refractivity contribution in [2.75, 3.05) is 5.75 Å². The van der Waals surface area contributed by atoms with Crippen LogP contribution in [0.3, 0.4) is 0 Å². The molecule has 30 heavy (non-hydrogen) atoms. The van der Waals surface area contributed by atoms with E-state index in [9.17, 15) is 14.0 Å². The van der Waals surface area contributed by atoms with Crippen molar-refractivity contribution in [3.63, 3.8) is 0 Å². The molecule has 1 aromatic carbocycles. The van der Waals surface area contributed by atoms with E-state index < -0.39 is 0 Å². The van der Waals surface area contributed by atoms with E-state index >= 15 is 0 Å². The number of hydrogen-bond donors (Lipinski definition) is 0. The van der Waals surface area contributed by atoms with Crippen molar-refractivity contribution < 1.29 is 9.18 Å². The summed E-state index contributed by atoms with van der Waals surface area (Å²) in [5.41, 5.74) is 1.48. The number of carbonyl (C=O) groups excluding carboxylic acids is 1. The summed E-state index contributed by atoms with van der Waals surface area (Å²) in [6.45, 7) is 8.50. The lowest BCUT2D eigenvalue weighted by atomic mass is 10.00. The molecule has 0 atom stereocenters. The summed E-state index contributed by atoms with van der Waals surface area (Å²) in [4.78, 5) is 32.6. The zero-order chi connectivity index (χ0) is 21.5. The Morgan fingerprint density at radius 1 is 1.37 bits per heavy atom. The normalized spacial score (nSPS) is 15.2. The molecule has 0 spiro atoms. The first kappa shape index (κ1) is 21.3. The molecular formula is C22H21FN2O2S3. The average molecular weight is 461 g/mol. The molecule has 0 saturated carbocycles. The van der Waals surface area contributed by atoms with E-state index in [2.05, 4.69) is 20.4 Å². The standard InChI is InChI=1S/C22H21FN2O2S3/c1-4-9-25-20(27)18-15-10-22(2,3)29-12-17(15)30-19(18)24-21(25)28-11-16(26)13-5-7-14(23)8-6-13/h4-8H,1,9-12H2,2-3H3. The van der Waals surface area contributed by atoms with Crippen LogP contribution in [0.4, 0.5) is 4.39 Å². The van der Waals surface area contributed by atoms with Gasteiger partial charge in [-0.05, 0) is 36.2 Å². The number of nitrogens with zero attached hydrogens (tertiary/aromatic N) is 2. The highest BCUT2D eigenvalue weighted by Gasteiger charge is 2.31. The molecule has 2 aromatic heterocycles. The molecule has 1 aliphatic heterocycles. The van der Waals surface area contributed by atoms with E-state index in [4.69, 9.17) is 4.98 Å². The van der Waals surface area contributed by atoms with Crippen LogP contribution in [0, 0.1) is 5.82 Å². The van der Waals surface area contributed by atoms with Crippen LogP contribution in [0.1, 0.15) is 34.6 Å². The molecule has 1 aliphatic rings. The van der Waals surface area contributed by atoms with Gasteiger partial charge in [0, 0.05) is 27.5 Å². The van der Waals surface area contributed by atoms with E-state index in [0.29, 0.717) is 22.7 Å². The lowest BCUT2D eigenvalue weighted by molar-refractivity contribution is 0.102. The van der Waals surface area contributed by atoms with Gasteiger partial charge < -0.3 is 0 Å². The predicted octanol–water partition coefficient (Wildman–Crippen LogP) is 5.33. The van der Waals surface area contributed by atoms with Gasteiger partial charge in [-0.2, -0.15) is 0 Å². The number of ketones is 1. The van der Waals surface area contributed by atoms with Gasteiger partial charge >= 0.3 is 0 Å². The quantitative estimate of drug-likeness (QED) is 0.215. The maximum absolute atomic E-state index is 13.4. The Labute approximate surface area is 186 Å². The molecule has 0 aliphatic carbocycles. The van der Waals surface area contributed by atoms with E-state index in [-0.39, 0.29) is 27.7 Å². The lowest BCUT2D eigenvalue weighted by Crippen LogP contribution is -2.26. The first-order valence-corrected chi connectivity index (χ1v) is 12.3. The van der Waals surface area contributed by atoms with Crippen LogP contribution in [0.2, 0.25) is 0 Å². The molecule has 0 saturated heterocycles. The molecule has 0 fully saturated rings. The summed E-state index contributed by atoms with van der Waals surface area (Å²) >= 11 is 4.70. The molecule has 8 heteroatoms. The summed E-state index contributed by atoms with van der Waals surface area (Å²) in [5.74, 6) is 0.488. The van der Waals surface area contributed by atoms with Crippen LogP contribution in [0.15, 0.2) is 46.9 Å². The maximum atomic E-state index is 13.4. The van der Waals surface area contributed by atoms with Gasteiger partial charge in [0.15, 0.2) is 10.9 Å². The van der Waals surface area contributed by atoms with Gasteiger partial charge in [-0.15, -0.1) is 29.7 Å². The molecule has 3 aromatic rings. The number of thioether (sulfide) groups is 2. The fourth-order valence-electron chi connectivity index (χ4n) is 3.46. The summed E-state index contributed by atoms with van der Waals surface area (Å²) in [6.07, 6.45) is 2.51. The summed E-state index contributed by atoms with van der Waals surface area (Å²) in [7, 11) is 0. The highest BCUT2D eigenvalue weighted by molar-refractivity contribution is 8.00. The van der Waals surface area contributed by atoms with Crippen LogP contribution in [0.5, 0.6) is 0 Å². The Kier molecular flexibility index (Phi) is 5.92. The molecule has 0 N–H and O–H groups in total. The van der Waals surface area contributed by atoms with Crippen LogP contribution in [-0.4, -0.2) is 25.8 Å². The van der Waals surface area contributed by atoms with Gasteiger partial charge in [-0.1, -0.05) is 31.7 Å². The molecule has 4 nitrogen and oxygen atoms in total. The van der Waals surface area contributed by atoms with Crippen molar-refractivity contribution in [2.24, 2.45) is 0 Å². The third kappa shape index (κ3) is 4.13.